The van der Waals surface area contributed by atoms with Crippen LogP contribution in [0.4, 0.5) is 0 Å². The van der Waals surface area contributed by atoms with E-state index < -0.39 is 0 Å². The van der Waals surface area contributed by atoms with Crippen molar-refractivity contribution >= 4 is 27.5 Å². The smallest absolute Gasteiger partial charge is 0.0548 e. The molecule has 4 heteroatoms. The summed E-state index contributed by atoms with van der Waals surface area (Å²) in [5.74, 6) is 0.658. The van der Waals surface area contributed by atoms with Gasteiger partial charge in [-0.1, -0.05) is 31.5 Å². The van der Waals surface area contributed by atoms with Crippen molar-refractivity contribution in [2.45, 2.75) is 38.8 Å². The van der Waals surface area contributed by atoms with Crippen LogP contribution in [0.25, 0.3) is 0 Å². The summed E-state index contributed by atoms with van der Waals surface area (Å²) < 4.78 is 0.949. The highest BCUT2D eigenvalue weighted by Gasteiger charge is 2.34. The number of hydrogen-bond acceptors (Lipinski definition) is 2. The van der Waals surface area contributed by atoms with E-state index in [1.807, 2.05) is 6.07 Å². The molecule has 1 fully saturated rings. The molecule has 2 rings (SSSR count). The van der Waals surface area contributed by atoms with Gasteiger partial charge in [0.1, 0.15) is 0 Å². The molecule has 0 radical (unpaired) electrons. The summed E-state index contributed by atoms with van der Waals surface area (Å²) in [7, 11) is 0. The van der Waals surface area contributed by atoms with Gasteiger partial charge in [-0.15, -0.1) is 0 Å². The summed E-state index contributed by atoms with van der Waals surface area (Å²) in [5.41, 5.74) is 7.30. The van der Waals surface area contributed by atoms with E-state index in [0.717, 1.165) is 16.0 Å². The lowest BCUT2D eigenvalue weighted by Crippen LogP contribution is -2.38. The van der Waals surface area contributed by atoms with E-state index in [-0.39, 0.29) is 0 Å². The summed E-state index contributed by atoms with van der Waals surface area (Å²) in [6, 6.07) is 7.16. The maximum Gasteiger partial charge on any atom is 0.0548 e. The number of nitrogens with zero attached hydrogens (tertiary/aromatic N) is 1. The molecule has 0 aromatic heterocycles. The van der Waals surface area contributed by atoms with Gasteiger partial charge in [-0.25, -0.2) is 0 Å². The second kappa shape index (κ2) is 6.57. The molecule has 1 saturated carbocycles. The number of benzene rings is 1. The number of hydrogen-bond donors (Lipinski definition) is 1. The van der Waals surface area contributed by atoms with Crippen molar-refractivity contribution in [3.05, 3.63) is 33.3 Å². The lowest BCUT2D eigenvalue weighted by molar-refractivity contribution is 0.169. The third kappa shape index (κ3) is 3.94. The fourth-order valence-corrected chi connectivity index (χ4v) is 3.06. The van der Waals surface area contributed by atoms with Gasteiger partial charge in [0.15, 0.2) is 0 Å². The SMILES string of the molecule is CC(C)CN(C1CC1)C(CN)c1ccc(Cl)c(Br)c1. The van der Waals surface area contributed by atoms with E-state index in [4.69, 9.17) is 17.3 Å². The highest BCUT2D eigenvalue weighted by atomic mass is 79.9. The van der Waals surface area contributed by atoms with Gasteiger partial charge in [0.05, 0.1) is 5.02 Å². The first-order valence-corrected chi connectivity index (χ1v) is 8.10. The molecule has 0 bridgehead atoms. The number of halogens is 2. The average molecular weight is 346 g/mol. The van der Waals surface area contributed by atoms with E-state index >= 15 is 0 Å². The molecule has 2 nitrogen and oxygen atoms in total. The molecule has 0 amide bonds. The van der Waals surface area contributed by atoms with Crippen molar-refractivity contribution in [3.63, 3.8) is 0 Å². The zero-order valence-corrected chi connectivity index (χ0v) is 13.9. The fourth-order valence-electron chi connectivity index (χ4n) is 2.54. The van der Waals surface area contributed by atoms with Gasteiger partial charge >= 0.3 is 0 Å². The molecular formula is C15H22BrClN2. The summed E-state index contributed by atoms with van der Waals surface area (Å²) in [6.45, 7) is 6.28. The first-order chi connectivity index (χ1) is 9.02. The van der Waals surface area contributed by atoms with Crippen LogP contribution in [0.3, 0.4) is 0 Å². The van der Waals surface area contributed by atoms with Crippen LogP contribution < -0.4 is 5.73 Å². The summed E-state index contributed by atoms with van der Waals surface area (Å²) in [6.07, 6.45) is 2.61. The van der Waals surface area contributed by atoms with Crippen molar-refractivity contribution < 1.29 is 0 Å². The maximum absolute atomic E-state index is 6.08. The summed E-state index contributed by atoms with van der Waals surface area (Å²) in [5, 5.41) is 0.751. The van der Waals surface area contributed by atoms with Gasteiger partial charge < -0.3 is 5.73 Å². The van der Waals surface area contributed by atoms with Crippen LogP contribution in [0.5, 0.6) is 0 Å². The van der Waals surface area contributed by atoms with E-state index in [2.05, 4.69) is 46.8 Å². The van der Waals surface area contributed by atoms with Gasteiger partial charge in [-0.2, -0.15) is 0 Å². The molecule has 19 heavy (non-hydrogen) atoms. The van der Waals surface area contributed by atoms with E-state index in [1.165, 1.54) is 18.4 Å². The number of nitrogens with two attached hydrogens (primary N) is 1. The third-order valence-electron chi connectivity index (χ3n) is 3.54. The highest BCUT2D eigenvalue weighted by molar-refractivity contribution is 9.10. The molecule has 2 N–H and O–H groups in total. The second-order valence-electron chi connectivity index (χ2n) is 5.75. The Labute approximate surface area is 129 Å². The fraction of sp³-hybridized carbons (Fsp3) is 0.600. The van der Waals surface area contributed by atoms with Gasteiger partial charge in [0.25, 0.3) is 0 Å². The first kappa shape index (κ1) is 15.3. The molecule has 106 valence electrons. The highest BCUT2D eigenvalue weighted by Crippen LogP contribution is 2.36. The standard InChI is InChI=1S/C15H22BrClN2/c1-10(2)9-19(12-4-5-12)15(8-18)11-3-6-14(17)13(16)7-11/h3,6-7,10,12,15H,4-5,8-9,18H2,1-2H3. The Kier molecular flexibility index (Phi) is 5.29. The monoisotopic (exact) mass is 344 g/mol. The molecule has 1 aromatic rings. The van der Waals surface area contributed by atoms with E-state index in [0.29, 0.717) is 24.5 Å². The van der Waals surface area contributed by atoms with Crippen LogP contribution in [0, 0.1) is 5.92 Å². The Morgan fingerprint density at radius 3 is 2.58 bits per heavy atom. The third-order valence-corrected chi connectivity index (χ3v) is 4.76. The van der Waals surface area contributed by atoms with Crippen molar-refractivity contribution in [3.8, 4) is 0 Å². The average Bonchev–Trinajstić information content (AvgIpc) is 3.17. The van der Waals surface area contributed by atoms with Crippen LogP contribution in [0.15, 0.2) is 22.7 Å². The van der Waals surface area contributed by atoms with E-state index in [1.54, 1.807) is 0 Å². The zero-order valence-electron chi connectivity index (χ0n) is 11.6. The van der Waals surface area contributed by atoms with Gasteiger partial charge in [-0.05, 0) is 52.4 Å². The minimum atomic E-state index is 0.295. The summed E-state index contributed by atoms with van der Waals surface area (Å²) >= 11 is 9.58. The molecule has 0 aliphatic heterocycles. The Balaban J connectivity index is 2.22. The minimum Gasteiger partial charge on any atom is -0.329 e. The predicted octanol–water partition coefficient (Wildman–Crippen LogP) is 4.22. The second-order valence-corrected chi connectivity index (χ2v) is 7.01. The molecule has 1 unspecified atom stereocenters. The van der Waals surface area contributed by atoms with E-state index in [9.17, 15) is 0 Å². The van der Waals surface area contributed by atoms with Crippen LogP contribution in [-0.4, -0.2) is 24.0 Å². The van der Waals surface area contributed by atoms with Crippen molar-refractivity contribution in [2.75, 3.05) is 13.1 Å². The molecule has 0 saturated heterocycles. The Morgan fingerprint density at radius 2 is 2.11 bits per heavy atom. The van der Waals surface area contributed by atoms with Gasteiger partial charge in [0.2, 0.25) is 0 Å². The minimum absolute atomic E-state index is 0.295. The zero-order chi connectivity index (χ0) is 14.0. The Bertz CT molecular complexity index is 432. The van der Waals surface area contributed by atoms with Gasteiger partial charge in [0, 0.05) is 29.6 Å². The largest absolute Gasteiger partial charge is 0.329 e. The molecule has 1 aliphatic rings. The van der Waals surface area contributed by atoms with Gasteiger partial charge in [-0.3, -0.25) is 4.90 Å². The number of rotatable bonds is 6. The van der Waals surface area contributed by atoms with Crippen LogP contribution in [0.1, 0.15) is 38.3 Å². The first-order valence-electron chi connectivity index (χ1n) is 6.93. The molecule has 1 aliphatic carbocycles. The van der Waals surface area contributed by atoms with Crippen LogP contribution >= 0.6 is 27.5 Å². The van der Waals surface area contributed by atoms with Crippen LogP contribution in [0.2, 0.25) is 5.02 Å². The molecule has 1 atom stereocenters. The molecule has 0 spiro atoms. The van der Waals surface area contributed by atoms with Crippen molar-refractivity contribution in [2.24, 2.45) is 11.7 Å². The maximum atomic E-state index is 6.08. The normalized spacial score (nSPS) is 17.2. The molecular weight excluding hydrogens is 324 g/mol. The predicted molar refractivity (Wildman–Crippen MR) is 85.5 cm³/mol. The lowest BCUT2D eigenvalue weighted by Gasteiger charge is -2.33. The molecule has 1 aromatic carbocycles. The van der Waals surface area contributed by atoms with Crippen LogP contribution in [-0.2, 0) is 0 Å². The summed E-state index contributed by atoms with van der Waals surface area (Å²) in [4.78, 5) is 2.57. The lowest BCUT2D eigenvalue weighted by atomic mass is 10.0. The van der Waals surface area contributed by atoms with Crippen molar-refractivity contribution in [1.82, 2.24) is 4.90 Å². The Morgan fingerprint density at radius 1 is 1.42 bits per heavy atom. The quantitative estimate of drug-likeness (QED) is 0.836. The molecule has 0 heterocycles. The topological polar surface area (TPSA) is 29.3 Å². The Hall–Kier alpha value is -0.0900. The van der Waals surface area contributed by atoms with Crippen molar-refractivity contribution in [1.29, 1.82) is 0 Å².